The van der Waals surface area contributed by atoms with E-state index in [1.54, 1.807) is 4.80 Å². The van der Waals surface area contributed by atoms with Gasteiger partial charge in [0.15, 0.2) is 0 Å². The first kappa shape index (κ1) is 14.1. The molecule has 6 nitrogen and oxygen atoms in total. The van der Waals surface area contributed by atoms with Crippen LogP contribution in [0.15, 0.2) is 30.3 Å². The van der Waals surface area contributed by atoms with E-state index < -0.39 is 11.4 Å². The van der Waals surface area contributed by atoms with Crippen molar-refractivity contribution in [3.05, 3.63) is 30.3 Å². The monoisotopic (exact) mass is 324 g/mol. The third-order valence-electron chi connectivity index (χ3n) is 6.35. The van der Waals surface area contributed by atoms with Crippen molar-refractivity contribution in [2.24, 2.45) is 17.3 Å². The van der Waals surface area contributed by atoms with E-state index in [0.717, 1.165) is 37.7 Å². The Morgan fingerprint density at radius 1 is 1.12 bits per heavy atom. The number of aromatic nitrogens is 4. The Labute approximate surface area is 139 Å². The highest BCUT2D eigenvalue weighted by Gasteiger charge is 2.62. The second-order valence-corrected chi connectivity index (χ2v) is 8.04. The Morgan fingerprint density at radius 2 is 1.83 bits per heavy atom. The van der Waals surface area contributed by atoms with E-state index in [4.69, 9.17) is 0 Å². The van der Waals surface area contributed by atoms with Crippen LogP contribution in [0.4, 0.5) is 0 Å². The highest BCUT2D eigenvalue weighted by Crippen LogP contribution is 2.63. The zero-order chi connectivity index (χ0) is 16.4. The van der Waals surface area contributed by atoms with Gasteiger partial charge in [0.1, 0.15) is 0 Å². The van der Waals surface area contributed by atoms with Gasteiger partial charge in [-0.2, -0.15) is 4.80 Å². The molecule has 0 saturated heterocycles. The zero-order valence-corrected chi connectivity index (χ0v) is 13.4. The molecule has 124 valence electrons. The second kappa shape index (κ2) is 4.65. The number of benzene rings is 1. The fourth-order valence-corrected chi connectivity index (χ4v) is 5.82. The number of nitrogens with zero attached hydrogens (tertiary/aromatic N) is 4. The molecule has 0 spiro atoms. The third-order valence-corrected chi connectivity index (χ3v) is 6.35. The molecule has 0 radical (unpaired) electrons. The lowest BCUT2D eigenvalue weighted by Crippen LogP contribution is -2.59. The molecule has 4 aliphatic rings. The van der Waals surface area contributed by atoms with Gasteiger partial charge >= 0.3 is 5.97 Å². The van der Waals surface area contributed by atoms with Crippen molar-refractivity contribution in [1.82, 2.24) is 20.2 Å². The van der Waals surface area contributed by atoms with Gasteiger partial charge in [-0.25, -0.2) is 0 Å². The van der Waals surface area contributed by atoms with Gasteiger partial charge in [-0.1, -0.05) is 30.3 Å². The van der Waals surface area contributed by atoms with E-state index >= 15 is 0 Å². The van der Waals surface area contributed by atoms with E-state index in [2.05, 4.69) is 15.4 Å². The van der Waals surface area contributed by atoms with E-state index in [-0.39, 0.29) is 5.54 Å². The molecule has 2 unspecified atom stereocenters. The van der Waals surface area contributed by atoms with Gasteiger partial charge < -0.3 is 5.11 Å². The quantitative estimate of drug-likeness (QED) is 0.939. The van der Waals surface area contributed by atoms with Crippen LogP contribution in [-0.2, 0) is 10.3 Å². The maximum absolute atomic E-state index is 12.0. The van der Waals surface area contributed by atoms with Gasteiger partial charge in [-0.05, 0) is 55.6 Å². The topological polar surface area (TPSA) is 80.9 Å². The molecule has 4 bridgehead atoms. The fourth-order valence-electron chi connectivity index (χ4n) is 5.82. The summed E-state index contributed by atoms with van der Waals surface area (Å²) in [6.45, 7) is 0. The molecule has 4 saturated carbocycles. The molecule has 2 atom stereocenters. The fraction of sp³-hybridized carbons (Fsp3) is 0.556. The number of carbonyl (C=O) groups is 1. The molecule has 6 heteroatoms. The van der Waals surface area contributed by atoms with Gasteiger partial charge in [0.2, 0.25) is 5.82 Å². The zero-order valence-electron chi connectivity index (χ0n) is 13.4. The molecule has 4 fully saturated rings. The van der Waals surface area contributed by atoms with Crippen molar-refractivity contribution in [2.45, 2.75) is 44.1 Å². The SMILES string of the molecule is O=C(O)C12CC3CC(C1)CC(n1nnc(-c4ccccc4)n1)(C3)C2. The number of carboxylic acid groups (broad SMARTS) is 1. The molecule has 1 aromatic carbocycles. The molecule has 4 aliphatic carbocycles. The molecule has 1 N–H and O–H groups in total. The molecular formula is C18H20N4O2. The summed E-state index contributed by atoms with van der Waals surface area (Å²) in [4.78, 5) is 13.7. The number of tetrazole rings is 1. The highest BCUT2D eigenvalue weighted by molar-refractivity contribution is 5.75. The minimum absolute atomic E-state index is 0.261. The summed E-state index contributed by atoms with van der Waals surface area (Å²) in [6.07, 6.45) is 5.43. The van der Waals surface area contributed by atoms with E-state index in [9.17, 15) is 9.90 Å². The molecule has 0 amide bonds. The van der Waals surface area contributed by atoms with Gasteiger partial charge in [-0.15, -0.1) is 10.2 Å². The maximum Gasteiger partial charge on any atom is 0.309 e. The van der Waals surface area contributed by atoms with Crippen molar-refractivity contribution >= 4 is 5.97 Å². The Bertz CT molecular complexity index is 786. The number of carboxylic acids is 1. The van der Waals surface area contributed by atoms with E-state index in [0.29, 0.717) is 24.1 Å². The molecule has 24 heavy (non-hydrogen) atoms. The average Bonchev–Trinajstić information content (AvgIpc) is 3.05. The molecule has 1 aromatic heterocycles. The smallest absolute Gasteiger partial charge is 0.309 e. The average molecular weight is 324 g/mol. The van der Waals surface area contributed by atoms with Crippen LogP contribution in [0.5, 0.6) is 0 Å². The summed E-state index contributed by atoms with van der Waals surface area (Å²) in [5, 5.41) is 23.1. The molecule has 6 rings (SSSR count). The number of hydrogen-bond donors (Lipinski definition) is 1. The number of rotatable bonds is 3. The van der Waals surface area contributed by atoms with Crippen LogP contribution in [0.3, 0.4) is 0 Å². The van der Waals surface area contributed by atoms with Gasteiger partial charge in [0, 0.05) is 5.56 Å². The van der Waals surface area contributed by atoms with Gasteiger partial charge in [0.05, 0.1) is 11.0 Å². The summed E-state index contributed by atoms with van der Waals surface area (Å²) in [5.41, 5.74) is 0.106. The number of aliphatic carboxylic acids is 1. The predicted molar refractivity (Wildman–Crippen MR) is 86.0 cm³/mol. The summed E-state index contributed by atoms with van der Waals surface area (Å²) in [6, 6.07) is 9.82. The lowest BCUT2D eigenvalue weighted by atomic mass is 9.47. The van der Waals surface area contributed by atoms with Crippen molar-refractivity contribution in [3.8, 4) is 11.4 Å². The van der Waals surface area contributed by atoms with Crippen LogP contribution < -0.4 is 0 Å². The van der Waals surface area contributed by atoms with Crippen molar-refractivity contribution < 1.29 is 9.90 Å². The summed E-state index contributed by atoms with van der Waals surface area (Å²) >= 11 is 0. The standard InChI is InChI=1S/C18H20N4O2/c23-16(24)17-7-12-6-13(8-17)10-18(9-12,11-17)22-20-15(19-21-22)14-4-2-1-3-5-14/h1-5,12-13H,6-11H2,(H,23,24). The normalized spacial score (nSPS) is 36.8. The number of hydrogen-bond acceptors (Lipinski definition) is 4. The van der Waals surface area contributed by atoms with Crippen LogP contribution >= 0.6 is 0 Å². The Kier molecular flexibility index (Phi) is 2.74. The van der Waals surface area contributed by atoms with E-state index in [1.807, 2.05) is 30.3 Å². The lowest BCUT2D eigenvalue weighted by molar-refractivity contribution is -0.174. The predicted octanol–water partition coefficient (Wildman–Crippen LogP) is 2.72. The van der Waals surface area contributed by atoms with Crippen LogP contribution in [0.25, 0.3) is 11.4 Å². The summed E-state index contributed by atoms with van der Waals surface area (Å²) < 4.78 is 0. The molecule has 0 aliphatic heterocycles. The molecular weight excluding hydrogens is 304 g/mol. The van der Waals surface area contributed by atoms with Crippen molar-refractivity contribution in [1.29, 1.82) is 0 Å². The lowest BCUT2D eigenvalue weighted by Gasteiger charge is -2.59. The summed E-state index contributed by atoms with van der Waals surface area (Å²) in [7, 11) is 0. The van der Waals surface area contributed by atoms with Crippen LogP contribution in [0.2, 0.25) is 0 Å². The maximum atomic E-state index is 12.0. The first-order valence-electron chi connectivity index (χ1n) is 8.68. The van der Waals surface area contributed by atoms with Gasteiger partial charge in [0.25, 0.3) is 0 Å². The Balaban J connectivity index is 1.55. The Hall–Kier alpha value is -2.24. The minimum atomic E-state index is -0.635. The second-order valence-electron chi connectivity index (χ2n) is 8.04. The summed E-state index contributed by atoms with van der Waals surface area (Å²) in [5.74, 6) is 0.946. The minimum Gasteiger partial charge on any atom is -0.481 e. The Morgan fingerprint density at radius 3 is 2.50 bits per heavy atom. The van der Waals surface area contributed by atoms with Crippen LogP contribution in [0.1, 0.15) is 38.5 Å². The third kappa shape index (κ3) is 1.88. The molecule has 1 heterocycles. The highest BCUT2D eigenvalue weighted by atomic mass is 16.4. The largest absolute Gasteiger partial charge is 0.481 e. The van der Waals surface area contributed by atoms with Crippen LogP contribution in [0, 0.1) is 17.3 Å². The van der Waals surface area contributed by atoms with E-state index in [1.165, 1.54) is 0 Å². The van der Waals surface area contributed by atoms with Gasteiger partial charge in [-0.3, -0.25) is 4.79 Å². The first-order valence-corrected chi connectivity index (χ1v) is 8.68. The van der Waals surface area contributed by atoms with Crippen molar-refractivity contribution in [3.63, 3.8) is 0 Å². The van der Waals surface area contributed by atoms with Crippen LogP contribution in [-0.4, -0.2) is 31.3 Å². The first-order chi connectivity index (χ1) is 11.6. The van der Waals surface area contributed by atoms with Crippen molar-refractivity contribution in [2.75, 3.05) is 0 Å². The molecule has 2 aromatic rings.